The second-order valence-electron chi connectivity index (χ2n) is 5.19. The molecular formula is C15H22O4S. The van der Waals surface area contributed by atoms with Crippen LogP contribution in [0, 0.1) is 5.41 Å². The van der Waals surface area contributed by atoms with E-state index in [4.69, 9.17) is 9.84 Å². The van der Waals surface area contributed by atoms with Crippen LogP contribution in [0.4, 0.5) is 0 Å². The number of carbonyl (C=O) groups is 2. The van der Waals surface area contributed by atoms with Crippen molar-refractivity contribution in [2.24, 2.45) is 5.41 Å². The molecule has 0 bridgehead atoms. The highest BCUT2D eigenvalue weighted by molar-refractivity contribution is 7.13. The minimum atomic E-state index is -0.926. The number of esters is 1. The maximum absolute atomic E-state index is 12.3. The molecule has 0 aromatic carbocycles. The van der Waals surface area contributed by atoms with E-state index in [0.29, 0.717) is 24.1 Å². The van der Waals surface area contributed by atoms with Crippen LogP contribution >= 0.6 is 11.3 Å². The Kier molecular flexibility index (Phi) is 5.74. The van der Waals surface area contributed by atoms with Gasteiger partial charge in [-0.15, -0.1) is 11.3 Å². The van der Waals surface area contributed by atoms with Crippen molar-refractivity contribution in [2.45, 2.75) is 53.1 Å². The number of rotatable bonds is 7. The summed E-state index contributed by atoms with van der Waals surface area (Å²) in [5.41, 5.74) is -0.565. The van der Waals surface area contributed by atoms with E-state index in [0.717, 1.165) is 4.88 Å². The molecular weight excluding hydrogens is 276 g/mol. The molecule has 0 aliphatic carbocycles. The van der Waals surface area contributed by atoms with E-state index in [-0.39, 0.29) is 12.1 Å². The van der Waals surface area contributed by atoms with Crippen molar-refractivity contribution in [2.75, 3.05) is 0 Å². The van der Waals surface area contributed by atoms with Crippen LogP contribution in [-0.4, -0.2) is 23.1 Å². The summed E-state index contributed by atoms with van der Waals surface area (Å²) in [7, 11) is 0. The van der Waals surface area contributed by atoms with Crippen molar-refractivity contribution in [3.8, 4) is 0 Å². The maximum atomic E-state index is 12.3. The minimum Gasteiger partial charge on any atom is -0.477 e. The number of aromatic carboxylic acids is 1. The molecule has 0 atom stereocenters. The van der Waals surface area contributed by atoms with E-state index in [2.05, 4.69) is 0 Å². The molecule has 0 radical (unpaired) electrons. The Hall–Kier alpha value is -1.36. The fourth-order valence-electron chi connectivity index (χ4n) is 2.12. The summed E-state index contributed by atoms with van der Waals surface area (Å²) in [5, 5.41) is 8.96. The Morgan fingerprint density at radius 3 is 2.30 bits per heavy atom. The SMILES string of the molecule is CCC(CC)(Cc1ccc(C(=O)O)s1)C(=O)OC(C)C. The normalized spacial score (nSPS) is 11.7. The molecule has 20 heavy (non-hydrogen) atoms. The largest absolute Gasteiger partial charge is 0.477 e. The topological polar surface area (TPSA) is 63.6 Å². The lowest BCUT2D eigenvalue weighted by molar-refractivity contribution is -0.160. The second-order valence-corrected chi connectivity index (χ2v) is 6.36. The molecule has 5 heteroatoms. The third-order valence-electron chi connectivity index (χ3n) is 3.51. The lowest BCUT2D eigenvalue weighted by Gasteiger charge is -2.29. The van der Waals surface area contributed by atoms with Gasteiger partial charge in [0.15, 0.2) is 0 Å². The molecule has 112 valence electrons. The molecule has 1 aromatic heterocycles. The molecule has 1 N–H and O–H groups in total. The summed E-state index contributed by atoms with van der Waals surface area (Å²) in [6, 6.07) is 3.38. The van der Waals surface area contributed by atoms with Crippen LogP contribution in [-0.2, 0) is 16.0 Å². The van der Waals surface area contributed by atoms with Gasteiger partial charge in [0.05, 0.1) is 11.5 Å². The molecule has 1 rings (SSSR count). The van der Waals surface area contributed by atoms with Gasteiger partial charge in [-0.25, -0.2) is 4.79 Å². The van der Waals surface area contributed by atoms with Gasteiger partial charge < -0.3 is 9.84 Å². The standard InChI is InChI=1S/C15H22O4S/c1-5-15(6-2,14(18)19-10(3)4)9-11-7-8-12(20-11)13(16)17/h7-8,10H,5-6,9H2,1-4H3,(H,16,17). The summed E-state index contributed by atoms with van der Waals surface area (Å²) in [6.45, 7) is 7.61. The van der Waals surface area contributed by atoms with Gasteiger partial charge in [0.1, 0.15) is 4.88 Å². The van der Waals surface area contributed by atoms with Crippen LogP contribution in [0.15, 0.2) is 12.1 Å². The molecule has 1 heterocycles. The molecule has 0 spiro atoms. The molecule has 0 fully saturated rings. The first-order valence-electron chi connectivity index (χ1n) is 6.87. The van der Waals surface area contributed by atoms with E-state index in [1.165, 1.54) is 11.3 Å². The van der Waals surface area contributed by atoms with Crippen molar-refractivity contribution >= 4 is 23.3 Å². The molecule has 0 amide bonds. The van der Waals surface area contributed by atoms with Crippen LogP contribution in [0.1, 0.15) is 55.1 Å². The van der Waals surface area contributed by atoms with Gasteiger partial charge in [-0.05, 0) is 45.2 Å². The average Bonchev–Trinajstić information content (AvgIpc) is 2.83. The molecule has 0 saturated heterocycles. The first-order valence-corrected chi connectivity index (χ1v) is 7.69. The monoisotopic (exact) mass is 298 g/mol. The Labute approximate surface area is 123 Å². The summed E-state index contributed by atoms with van der Waals surface area (Å²) < 4.78 is 5.37. The summed E-state index contributed by atoms with van der Waals surface area (Å²) in [5.74, 6) is -1.12. The fourth-order valence-corrected chi connectivity index (χ4v) is 3.11. The Bertz CT molecular complexity index is 472. The number of carboxylic acids is 1. The number of thiophene rings is 1. The van der Waals surface area contributed by atoms with Gasteiger partial charge in [-0.1, -0.05) is 13.8 Å². The van der Waals surface area contributed by atoms with Gasteiger partial charge in [0, 0.05) is 4.88 Å². The molecule has 0 aliphatic rings. The molecule has 0 unspecified atom stereocenters. The number of hydrogen-bond donors (Lipinski definition) is 1. The van der Waals surface area contributed by atoms with Crippen LogP contribution in [0.2, 0.25) is 0 Å². The highest BCUT2D eigenvalue weighted by Crippen LogP contribution is 2.35. The van der Waals surface area contributed by atoms with Crippen molar-refractivity contribution < 1.29 is 19.4 Å². The molecule has 1 aromatic rings. The Morgan fingerprint density at radius 2 is 1.90 bits per heavy atom. The Morgan fingerprint density at radius 1 is 1.30 bits per heavy atom. The smallest absolute Gasteiger partial charge is 0.345 e. The number of carboxylic acid groups (broad SMARTS) is 1. The van der Waals surface area contributed by atoms with Crippen LogP contribution in [0.5, 0.6) is 0 Å². The predicted octanol–water partition coefficient (Wildman–Crippen LogP) is 3.75. The van der Waals surface area contributed by atoms with Gasteiger partial charge in [0.2, 0.25) is 0 Å². The van der Waals surface area contributed by atoms with E-state index < -0.39 is 11.4 Å². The zero-order chi connectivity index (χ0) is 15.3. The first kappa shape index (κ1) is 16.7. The summed E-state index contributed by atoms with van der Waals surface area (Å²) in [4.78, 5) is 24.5. The molecule has 4 nitrogen and oxygen atoms in total. The quantitative estimate of drug-likeness (QED) is 0.779. The third-order valence-corrected chi connectivity index (χ3v) is 4.59. The lowest BCUT2D eigenvalue weighted by Crippen LogP contribution is -2.35. The van der Waals surface area contributed by atoms with Crippen LogP contribution in [0.25, 0.3) is 0 Å². The third kappa shape index (κ3) is 3.82. The van der Waals surface area contributed by atoms with Crippen LogP contribution in [0.3, 0.4) is 0 Å². The maximum Gasteiger partial charge on any atom is 0.345 e. The van der Waals surface area contributed by atoms with E-state index in [9.17, 15) is 9.59 Å². The van der Waals surface area contributed by atoms with Crippen molar-refractivity contribution in [1.82, 2.24) is 0 Å². The minimum absolute atomic E-state index is 0.141. The summed E-state index contributed by atoms with van der Waals surface area (Å²) in [6.07, 6.45) is 1.74. The first-order chi connectivity index (χ1) is 9.34. The number of hydrogen-bond acceptors (Lipinski definition) is 4. The highest BCUT2D eigenvalue weighted by atomic mass is 32.1. The van der Waals surface area contributed by atoms with E-state index in [1.807, 2.05) is 27.7 Å². The van der Waals surface area contributed by atoms with Gasteiger partial charge in [0.25, 0.3) is 0 Å². The number of ether oxygens (including phenoxy) is 1. The summed E-state index contributed by atoms with van der Waals surface area (Å²) >= 11 is 1.23. The molecule has 0 saturated carbocycles. The molecule has 0 aliphatic heterocycles. The zero-order valence-corrected chi connectivity index (χ0v) is 13.3. The lowest BCUT2D eigenvalue weighted by atomic mass is 9.79. The van der Waals surface area contributed by atoms with Crippen molar-refractivity contribution in [3.63, 3.8) is 0 Å². The number of carbonyl (C=O) groups excluding carboxylic acids is 1. The highest BCUT2D eigenvalue weighted by Gasteiger charge is 2.37. The second kappa shape index (κ2) is 6.88. The predicted molar refractivity (Wildman–Crippen MR) is 79.2 cm³/mol. The average molecular weight is 298 g/mol. The zero-order valence-electron chi connectivity index (χ0n) is 12.4. The Balaban J connectivity index is 2.95. The van der Waals surface area contributed by atoms with E-state index >= 15 is 0 Å². The van der Waals surface area contributed by atoms with Crippen molar-refractivity contribution in [1.29, 1.82) is 0 Å². The fraction of sp³-hybridized carbons (Fsp3) is 0.600. The van der Waals surface area contributed by atoms with Gasteiger partial charge >= 0.3 is 11.9 Å². The van der Waals surface area contributed by atoms with Gasteiger partial charge in [-0.3, -0.25) is 4.79 Å². The van der Waals surface area contributed by atoms with E-state index in [1.54, 1.807) is 12.1 Å². The van der Waals surface area contributed by atoms with Crippen LogP contribution < -0.4 is 0 Å². The van der Waals surface area contributed by atoms with Gasteiger partial charge in [-0.2, -0.15) is 0 Å². The van der Waals surface area contributed by atoms with Crippen molar-refractivity contribution in [3.05, 3.63) is 21.9 Å².